The van der Waals surface area contributed by atoms with Gasteiger partial charge in [0.15, 0.2) is 0 Å². The van der Waals surface area contributed by atoms with Gasteiger partial charge < -0.3 is 46.5 Å². The third-order valence-corrected chi connectivity index (χ3v) is 29.1. The molecule has 646 valence electrons. The van der Waals surface area contributed by atoms with Gasteiger partial charge in [-0.2, -0.15) is 0 Å². The molecule has 17 aromatic rings. The molecule has 0 aliphatic carbocycles. The molecule has 0 unspecified atom stereocenters. The molecular weight excluding hydrogens is 1580 g/mol. The summed E-state index contributed by atoms with van der Waals surface area (Å²) >= 11 is 0. The van der Waals surface area contributed by atoms with Crippen LogP contribution < -0.4 is 27.3 Å². The van der Waals surface area contributed by atoms with Gasteiger partial charge in [-0.1, -0.05) is 322 Å². The third-order valence-electron chi connectivity index (χ3n) is 29.1. The minimum absolute atomic E-state index is 0.309. The van der Waals surface area contributed by atoms with Crippen LogP contribution in [-0.4, -0.2) is 91.6 Å². The molecule has 22 rings (SSSR count). The average molecular weight is 1700 g/mol. The summed E-state index contributed by atoms with van der Waals surface area (Å²) in [6.07, 6.45) is 0. The van der Waals surface area contributed by atoms with Crippen molar-refractivity contribution in [2.45, 2.75) is 194 Å². The van der Waals surface area contributed by atoms with E-state index >= 15 is 0 Å². The van der Waals surface area contributed by atoms with Gasteiger partial charge in [0, 0.05) is 0 Å². The van der Waals surface area contributed by atoms with Gasteiger partial charge in [0.05, 0.1) is 56.0 Å². The van der Waals surface area contributed by atoms with Gasteiger partial charge >= 0.3 is 35.6 Å². The van der Waals surface area contributed by atoms with E-state index in [4.69, 9.17) is 46.5 Å². The monoisotopic (exact) mass is 1700 g/mol. The van der Waals surface area contributed by atoms with E-state index in [-0.39, 0.29) is 91.6 Å². The predicted octanol–water partition coefficient (Wildman–Crippen LogP) is 25.3. The van der Waals surface area contributed by atoms with Gasteiger partial charge in [0.1, 0.15) is 0 Å². The Morgan fingerprint density at radius 3 is 1.01 bits per heavy atom. The molecule has 0 saturated carbocycles. The van der Waals surface area contributed by atoms with Crippen molar-refractivity contribution in [1.82, 2.24) is 0 Å². The maximum atomic E-state index is 6.32. The fourth-order valence-electron chi connectivity index (χ4n) is 17.9. The zero-order valence-electron chi connectivity index (χ0n) is 78.2. The zero-order chi connectivity index (χ0) is 90.6. The summed E-state index contributed by atoms with van der Waals surface area (Å²) in [5.41, 5.74) is 11.5. The van der Waals surface area contributed by atoms with Crippen LogP contribution >= 0.6 is 0 Å². The number of benzene rings is 17. The Morgan fingerprint density at radius 2 is 0.488 bits per heavy atom. The first-order valence-electron chi connectivity index (χ1n) is 45.5. The molecule has 0 atom stereocenters. The summed E-state index contributed by atoms with van der Waals surface area (Å²) in [7, 11) is -1.74. The molecule has 10 nitrogen and oxygen atoms in total. The number of rotatable bonds is 9. The molecule has 0 radical (unpaired) electrons. The lowest BCUT2D eigenvalue weighted by molar-refractivity contribution is 0.00578. The van der Waals surface area contributed by atoms with E-state index in [2.05, 4.69) is 460 Å². The van der Waals surface area contributed by atoms with Crippen LogP contribution in [0, 0.1) is 0 Å². The van der Waals surface area contributed by atoms with Gasteiger partial charge in [-0.05, 0) is 309 Å². The fraction of sp³-hybridized carbons (Fsp3) is 0.263. The summed E-state index contributed by atoms with van der Waals surface area (Å²) < 4.78 is 62.8. The lowest BCUT2D eigenvalue weighted by atomic mass is 9.74. The van der Waals surface area contributed by atoms with Crippen LogP contribution in [0.25, 0.3) is 131 Å². The molecule has 0 bridgehead atoms. The van der Waals surface area contributed by atoms with Crippen LogP contribution in [0.3, 0.4) is 0 Å². The fourth-order valence-corrected chi connectivity index (χ4v) is 17.9. The van der Waals surface area contributed by atoms with Crippen LogP contribution in [0.4, 0.5) is 0 Å². The number of fused-ring (bicyclic) bond motifs is 7. The van der Waals surface area contributed by atoms with E-state index in [1.54, 1.807) is 0 Å². The second-order valence-electron chi connectivity index (χ2n) is 40.3. The quantitative estimate of drug-likeness (QED) is 0.103. The Bertz CT molecular complexity index is 6870. The van der Waals surface area contributed by atoms with Crippen LogP contribution in [0.2, 0.25) is 0 Å². The highest BCUT2D eigenvalue weighted by Gasteiger charge is 2.56. The maximum Gasteiger partial charge on any atom is 0.495 e. The molecule has 5 aliphatic heterocycles. The standard InChI is InChI=1S/C28H27BO2.C24H25BO2.C22H21BO2.2C20H21BO2/c1-27(2)28(3,4)31-29(30-27)24-16-17-25(26(19-24)21-11-6-5-7-12-21)23-15-14-20-10-8-9-13-22(20)18-23;1-23(2)24(3,4)27-25(26-23)22-16-20(18-11-7-5-8-12-18)15-21(17-22)19-13-9-6-10-14-19;1-21(2)22(3,4)25-23(24-21)18-13-11-16-9-8-14-6-5-7-15-10-12-17(18)20(16)19(14)15;1-19(2)20(3,4)23-21(22-19)18-13-14-9-5-6-10-15(14)16-11-7-8-12-17(16)18;1-19(2)20(3,4)23-21(22-19)16-11-12-18-15(13-16)10-9-14-7-5-6-8-17(14)18/h5-19H,1-4H3;5-17H,1-4H3;5-13H,1-4H3;2*5-13H,1-4H3. The lowest BCUT2D eigenvalue weighted by Gasteiger charge is -2.32. The van der Waals surface area contributed by atoms with Crippen molar-refractivity contribution in [2.24, 2.45) is 0 Å². The highest BCUT2D eigenvalue weighted by Crippen LogP contribution is 2.45. The van der Waals surface area contributed by atoms with Crippen molar-refractivity contribution < 1.29 is 46.5 Å². The van der Waals surface area contributed by atoms with E-state index in [9.17, 15) is 0 Å². The normalized spacial score (nSPS) is 18.6. The molecule has 0 amide bonds. The zero-order valence-corrected chi connectivity index (χ0v) is 78.2. The minimum atomic E-state index is -0.377. The summed E-state index contributed by atoms with van der Waals surface area (Å²) in [4.78, 5) is 0. The second kappa shape index (κ2) is 33.7. The van der Waals surface area contributed by atoms with Gasteiger partial charge in [0.25, 0.3) is 0 Å². The molecule has 5 saturated heterocycles. The average Bonchev–Trinajstić information content (AvgIpc) is 1.63. The molecule has 17 aromatic carbocycles. The lowest BCUT2D eigenvalue weighted by Crippen LogP contribution is -2.41. The van der Waals surface area contributed by atoms with Crippen molar-refractivity contribution in [1.29, 1.82) is 0 Å². The van der Waals surface area contributed by atoms with Crippen molar-refractivity contribution in [3.8, 4) is 44.5 Å². The van der Waals surface area contributed by atoms with E-state index in [1.165, 1.54) is 131 Å². The largest absolute Gasteiger partial charge is 0.495 e. The van der Waals surface area contributed by atoms with Crippen molar-refractivity contribution in [3.63, 3.8) is 0 Å². The molecule has 129 heavy (non-hydrogen) atoms. The Labute approximate surface area is 763 Å². The third kappa shape index (κ3) is 17.1. The molecule has 0 N–H and O–H groups in total. The predicted molar refractivity (Wildman–Crippen MR) is 544 cm³/mol. The van der Waals surface area contributed by atoms with Crippen LogP contribution in [0.5, 0.6) is 0 Å². The second-order valence-corrected chi connectivity index (χ2v) is 40.3. The summed E-state index contributed by atoms with van der Waals surface area (Å²) in [6, 6.07) is 118. The van der Waals surface area contributed by atoms with E-state index in [0.717, 1.165) is 27.3 Å². The van der Waals surface area contributed by atoms with E-state index < -0.39 is 0 Å². The Kier molecular flexibility index (Phi) is 23.2. The molecular formula is C114H115B5O10. The van der Waals surface area contributed by atoms with Crippen LogP contribution in [-0.2, 0) is 46.5 Å². The number of hydrogen-bond acceptors (Lipinski definition) is 10. The number of hydrogen-bond donors (Lipinski definition) is 0. The highest BCUT2D eigenvalue weighted by atomic mass is 16.7. The van der Waals surface area contributed by atoms with E-state index in [1.807, 2.05) is 12.1 Å². The van der Waals surface area contributed by atoms with Gasteiger partial charge in [-0.15, -0.1) is 0 Å². The molecule has 5 fully saturated rings. The first-order chi connectivity index (χ1) is 61.3. The minimum Gasteiger partial charge on any atom is -0.399 e. The summed E-state index contributed by atoms with van der Waals surface area (Å²) in [6.45, 7) is 41.8. The van der Waals surface area contributed by atoms with Gasteiger partial charge in [-0.25, -0.2) is 0 Å². The first kappa shape index (κ1) is 88.6. The molecule has 0 aromatic heterocycles. The van der Waals surface area contributed by atoms with Gasteiger partial charge in [0.2, 0.25) is 0 Å². The van der Waals surface area contributed by atoms with Crippen molar-refractivity contribution in [3.05, 3.63) is 334 Å². The van der Waals surface area contributed by atoms with Crippen molar-refractivity contribution >= 4 is 149 Å². The molecule has 0 spiro atoms. The Hall–Kier alpha value is -11.0. The summed E-state index contributed by atoms with van der Waals surface area (Å²) in [5.74, 6) is 0. The maximum absolute atomic E-state index is 6.32. The topological polar surface area (TPSA) is 92.3 Å². The van der Waals surface area contributed by atoms with Gasteiger partial charge in [-0.3, -0.25) is 0 Å². The van der Waals surface area contributed by atoms with Crippen LogP contribution in [0.15, 0.2) is 334 Å². The first-order valence-corrected chi connectivity index (χ1v) is 45.5. The SMILES string of the molecule is CC1(C)OB(c2cc(-c3ccccc3)cc(-c3ccccc3)c2)OC1(C)C.CC1(C)OB(c2cc3ccccc3c3ccccc23)OC1(C)C.CC1(C)OB(c2ccc(-c3ccc4ccccc4c3)c(-c3ccccc3)c2)OC1(C)C.CC1(C)OB(c2ccc3c(ccc4ccccc43)c2)OC1(C)C.CC1(C)OB(c2ccc3ccc4cccc5ccc2c3c45)OC1(C)C. The molecule has 15 heteroatoms. The smallest absolute Gasteiger partial charge is 0.399 e. The Balaban J connectivity index is 0.000000109. The molecule has 5 heterocycles. The highest BCUT2D eigenvalue weighted by molar-refractivity contribution is 6.67. The van der Waals surface area contributed by atoms with E-state index in [0.29, 0.717) is 0 Å². The van der Waals surface area contributed by atoms with Crippen molar-refractivity contribution in [2.75, 3.05) is 0 Å². The Morgan fingerprint density at radius 1 is 0.155 bits per heavy atom. The molecule has 5 aliphatic rings. The summed E-state index contributed by atoms with van der Waals surface area (Å²) in [5, 5.41) is 20.1. The van der Waals surface area contributed by atoms with Crippen LogP contribution in [0.1, 0.15) is 138 Å².